The Morgan fingerprint density at radius 3 is 2.40 bits per heavy atom. The van der Waals surface area contributed by atoms with E-state index >= 15 is 0 Å². The fraction of sp³-hybridized carbons (Fsp3) is 0.417. The van der Waals surface area contributed by atoms with Gasteiger partial charge in [-0.1, -0.05) is 6.07 Å². The van der Waals surface area contributed by atoms with Crippen LogP contribution in [-0.4, -0.2) is 16.6 Å². The second-order valence-electron chi connectivity index (χ2n) is 4.71. The number of hydrogen-bond donors (Lipinski definition) is 2. The van der Waals surface area contributed by atoms with Gasteiger partial charge in [0, 0.05) is 11.2 Å². The third-order valence-electron chi connectivity index (χ3n) is 1.99. The zero-order valence-electron chi connectivity index (χ0n) is 9.59. The summed E-state index contributed by atoms with van der Waals surface area (Å²) in [6.07, 6.45) is 0. The molecule has 3 heteroatoms. The van der Waals surface area contributed by atoms with Crippen LogP contribution < -0.4 is 5.32 Å². The average molecular weight is 207 g/mol. The van der Waals surface area contributed by atoms with Crippen LogP contribution in [0.4, 0.5) is 5.69 Å². The molecule has 0 unspecified atom stereocenters. The number of aryl methyl sites for hydroxylation is 1. The van der Waals surface area contributed by atoms with Crippen LogP contribution >= 0.6 is 0 Å². The number of carbonyl (C=O) groups is 1. The Hall–Kier alpha value is -1.51. The highest BCUT2D eigenvalue weighted by molar-refractivity contribution is 5.89. The average Bonchev–Trinajstić information content (AvgIpc) is 2.06. The highest BCUT2D eigenvalue weighted by Crippen LogP contribution is 2.20. The number of aromatic carboxylic acids is 1. The van der Waals surface area contributed by atoms with Crippen LogP contribution in [0.2, 0.25) is 0 Å². The summed E-state index contributed by atoms with van der Waals surface area (Å²) in [7, 11) is 0. The lowest BCUT2D eigenvalue weighted by atomic mass is 10.1. The van der Waals surface area contributed by atoms with Gasteiger partial charge in [-0.2, -0.15) is 0 Å². The summed E-state index contributed by atoms with van der Waals surface area (Å²) in [4.78, 5) is 10.8. The van der Waals surface area contributed by atoms with E-state index in [4.69, 9.17) is 5.11 Å². The van der Waals surface area contributed by atoms with Crippen molar-refractivity contribution in [2.45, 2.75) is 33.2 Å². The van der Waals surface area contributed by atoms with E-state index in [9.17, 15) is 4.79 Å². The molecule has 0 saturated carbocycles. The summed E-state index contributed by atoms with van der Waals surface area (Å²) in [5.74, 6) is -0.896. The first kappa shape index (κ1) is 11.6. The lowest BCUT2D eigenvalue weighted by molar-refractivity contribution is 0.0697. The molecular formula is C12H17NO2. The van der Waals surface area contributed by atoms with Gasteiger partial charge in [0.15, 0.2) is 0 Å². The highest BCUT2D eigenvalue weighted by Gasteiger charge is 2.12. The molecule has 0 heterocycles. The molecule has 15 heavy (non-hydrogen) atoms. The molecule has 0 spiro atoms. The molecule has 1 aromatic carbocycles. The normalized spacial score (nSPS) is 11.2. The molecule has 0 bridgehead atoms. The van der Waals surface area contributed by atoms with E-state index in [2.05, 4.69) is 5.32 Å². The summed E-state index contributed by atoms with van der Waals surface area (Å²) >= 11 is 0. The van der Waals surface area contributed by atoms with Crippen molar-refractivity contribution in [3.05, 3.63) is 29.3 Å². The van der Waals surface area contributed by atoms with Crippen LogP contribution in [0.3, 0.4) is 0 Å². The molecule has 0 saturated heterocycles. The summed E-state index contributed by atoms with van der Waals surface area (Å²) in [6, 6.07) is 5.10. The third-order valence-corrected chi connectivity index (χ3v) is 1.99. The predicted octanol–water partition coefficient (Wildman–Crippen LogP) is 2.90. The number of carboxylic acids is 1. The number of benzene rings is 1. The quantitative estimate of drug-likeness (QED) is 0.784. The number of anilines is 1. The van der Waals surface area contributed by atoms with Gasteiger partial charge in [0.2, 0.25) is 0 Å². The van der Waals surface area contributed by atoms with E-state index in [-0.39, 0.29) is 5.54 Å². The highest BCUT2D eigenvalue weighted by atomic mass is 16.4. The minimum atomic E-state index is -0.896. The van der Waals surface area contributed by atoms with Crippen molar-refractivity contribution in [3.63, 3.8) is 0 Å². The molecule has 0 fully saturated rings. The molecule has 0 aromatic heterocycles. The van der Waals surface area contributed by atoms with E-state index < -0.39 is 5.97 Å². The number of rotatable bonds is 2. The first-order valence-corrected chi connectivity index (χ1v) is 4.92. The second kappa shape index (κ2) is 3.93. The molecule has 3 nitrogen and oxygen atoms in total. The summed E-state index contributed by atoms with van der Waals surface area (Å²) < 4.78 is 0. The lowest BCUT2D eigenvalue weighted by Crippen LogP contribution is -2.26. The largest absolute Gasteiger partial charge is 0.478 e. The first-order chi connectivity index (χ1) is 6.79. The topological polar surface area (TPSA) is 49.3 Å². The van der Waals surface area contributed by atoms with Crippen LogP contribution in [0.15, 0.2) is 18.2 Å². The van der Waals surface area contributed by atoms with Gasteiger partial charge in [-0.3, -0.25) is 0 Å². The van der Waals surface area contributed by atoms with E-state index in [0.717, 1.165) is 11.3 Å². The van der Waals surface area contributed by atoms with Crippen molar-refractivity contribution in [2.75, 3.05) is 5.32 Å². The van der Waals surface area contributed by atoms with E-state index in [1.54, 1.807) is 12.1 Å². The van der Waals surface area contributed by atoms with Gasteiger partial charge in [-0.05, 0) is 45.4 Å². The van der Waals surface area contributed by atoms with Crippen LogP contribution in [-0.2, 0) is 0 Å². The molecule has 0 aliphatic carbocycles. The van der Waals surface area contributed by atoms with E-state index in [1.807, 2.05) is 33.8 Å². The zero-order valence-corrected chi connectivity index (χ0v) is 9.59. The Morgan fingerprint density at radius 2 is 1.93 bits per heavy atom. The maximum atomic E-state index is 10.8. The van der Waals surface area contributed by atoms with Crippen molar-refractivity contribution < 1.29 is 9.90 Å². The Balaban J connectivity index is 3.06. The van der Waals surface area contributed by atoms with Gasteiger partial charge in [0.1, 0.15) is 0 Å². The molecular weight excluding hydrogens is 190 g/mol. The van der Waals surface area contributed by atoms with Crippen molar-refractivity contribution >= 4 is 11.7 Å². The minimum Gasteiger partial charge on any atom is -0.478 e. The van der Waals surface area contributed by atoms with Crippen molar-refractivity contribution in [1.29, 1.82) is 0 Å². The number of hydrogen-bond acceptors (Lipinski definition) is 2. The van der Waals surface area contributed by atoms with E-state index in [0.29, 0.717) is 5.56 Å². The van der Waals surface area contributed by atoms with Gasteiger partial charge in [0.05, 0.1) is 5.56 Å². The Bertz CT molecular complexity index is 378. The monoisotopic (exact) mass is 207 g/mol. The molecule has 0 amide bonds. The Morgan fingerprint density at radius 1 is 1.33 bits per heavy atom. The number of nitrogens with one attached hydrogen (secondary N) is 1. The fourth-order valence-electron chi connectivity index (χ4n) is 1.29. The van der Waals surface area contributed by atoms with E-state index in [1.165, 1.54) is 0 Å². The Kier molecular flexibility index (Phi) is 3.03. The fourth-order valence-corrected chi connectivity index (χ4v) is 1.29. The molecule has 0 radical (unpaired) electrons. The summed E-state index contributed by atoms with van der Waals surface area (Å²) in [6.45, 7) is 8.08. The van der Waals surface area contributed by atoms with Crippen LogP contribution in [0, 0.1) is 6.92 Å². The van der Waals surface area contributed by atoms with Crippen molar-refractivity contribution in [1.82, 2.24) is 0 Å². The lowest BCUT2D eigenvalue weighted by Gasteiger charge is -2.23. The SMILES string of the molecule is Cc1ccc(C(=O)O)cc1NC(C)(C)C. The van der Waals surface area contributed by atoms with Gasteiger partial charge in [0.25, 0.3) is 0 Å². The van der Waals surface area contributed by atoms with Crippen molar-refractivity contribution in [3.8, 4) is 0 Å². The number of carboxylic acid groups (broad SMARTS) is 1. The molecule has 2 N–H and O–H groups in total. The second-order valence-corrected chi connectivity index (χ2v) is 4.71. The maximum Gasteiger partial charge on any atom is 0.335 e. The van der Waals surface area contributed by atoms with Gasteiger partial charge < -0.3 is 10.4 Å². The van der Waals surface area contributed by atoms with Crippen LogP contribution in [0.5, 0.6) is 0 Å². The van der Waals surface area contributed by atoms with Gasteiger partial charge >= 0.3 is 5.97 Å². The summed E-state index contributed by atoms with van der Waals surface area (Å²) in [5.41, 5.74) is 2.17. The van der Waals surface area contributed by atoms with Crippen molar-refractivity contribution in [2.24, 2.45) is 0 Å². The first-order valence-electron chi connectivity index (χ1n) is 4.92. The molecule has 0 aliphatic heterocycles. The molecule has 82 valence electrons. The zero-order chi connectivity index (χ0) is 11.6. The Labute approximate surface area is 90.1 Å². The third kappa shape index (κ3) is 3.27. The molecule has 1 rings (SSSR count). The maximum absolute atomic E-state index is 10.8. The van der Waals surface area contributed by atoms with Crippen LogP contribution in [0.25, 0.3) is 0 Å². The van der Waals surface area contributed by atoms with Gasteiger partial charge in [-0.25, -0.2) is 4.79 Å². The molecule has 0 aliphatic rings. The smallest absolute Gasteiger partial charge is 0.335 e. The van der Waals surface area contributed by atoms with Crippen LogP contribution in [0.1, 0.15) is 36.7 Å². The predicted molar refractivity (Wildman–Crippen MR) is 61.5 cm³/mol. The minimum absolute atomic E-state index is 0.0676. The molecule has 1 aromatic rings. The standard InChI is InChI=1S/C12H17NO2/c1-8-5-6-9(11(14)15)7-10(8)13-12(2,3)4/h5-7,13H,1-4H3,(H,14,15). The van der Waals surface area contributed by atoms with Gasteiger partial charge in [-0.15, -0.1) is 0 Å². The summed E-state index contributed by atoms with van der Waals surface area (Å²) in [5, 5.41) is 12.2. The molecule has 0 atom stereocenters.